The summed E-state index contributed by atoms with van der Waals surface area (Å²) in [6.45, 7) is 1.25. The number of nitrogens with zero attached hydrogens (tertiary/aromatic N) is 7. The molecule has 220 valence electrons. The van der Waals surface area contributed by atoms with Gasteiger partial charge in [-0.3, -0.25) is 9.59 Å². The van der Waals surface area contributed by atoms with Gasteiger partial charge in [-0.05, 0) is 71.0 Å². The van der Waals surface area contributed by atoms with E-state index in [0.717, 1.165) is 19.5 Å². The highest BCUT2D eigenvalue weighted by atomic mass is 127. The number of Topliss-reactive ketones (excluding diaryl/α,β-unsaturated/α-hetero) is 2. The molecule has 42 heavy (non-hydrogen) atoms. The first kappa shape index (κ1) is 31.1. The van der Waals surface area contributed by atoms with Gasteiger partial charge in [0.2, 0.25) is 0 Å². The molecule has 1 amide bonds. The number of carbonyl (C=O) groups excluding carboxylic acids is 3. The molecule has 3 aromatic heterocycles. The maximum absolute atomic E-state index is 13.8. The van der Waals surface area contributed by atoms with Crippen molar-refractivity contribution in [3.63, 3.8) is 0 Å². The van der Waals surface area contributed by atoms with E-state index in [2.05, 4.69) is 47.5 Å². The first-order valence-electron chi connectivity index (χ1n) is 12.1. The zero-order valence-electron chi connectivity index (χ0n) is 22.3. The fourth-order valence-electron chi connectivity index (χ4n) is 4.10. The van der Waals surface area contributed by atoms with E-state index in [1.807, 2.05) is 6.07 Å². The van der Waals surface area contributed by atoms with Crippen molar-refractivity contribution in [1.82, 2.24) is 34.4 Å². The van der Waals surface area contributed by atoms with Gasteiger partial charge < -0.3 is 9.64 Å². The molecule has 0 radical (unpaired) electrons. The largest absolute Gasteiger partial charge is 0.453 e. The lowest BCUT2D eigenvalue weighted by atomic mass is 9.93. The van der Waals surface area contributed by atoms with Gasteiger partial charge in [0, 0.05) is 28.8 Å². The quantitative estimate of drug-likeness (QED) is 0.179. The van der Waals surface area contributed by atoms with Gasteiger partial charge in [0.05, 0.1) is 30.9 Å². The van der Waals surface area contributed by atoms with Gasteiger partial charge in [0.25, 0.3) is 5.82 Å². The topological polar surface area (TPSA) is 125 Å². The molecule has 4 aromatic rings. The molecule has 0 fully saturated rings. The average molecular weight is 716 g/mol. The second kappa shape index (κ2) is 12.6. The number of likely N-dealkylation sites (N-methyl/N-ethyl adjacent to an activating group) is 1. The van der Waals surface area contributed by atoms with Crippen LogP contribution < -0.4 is 0 Å². The number of aryl methyl sites for hydroxylation is 1. The van der Waals surface area contributed by atoms with Gasteiger partial charge in [-0.1, -0.05) is 11.6 Å². The van der Waals surface area contributed by atoms with E-state index >= 15 is 0 Å². The molecule has 0 aliphatic carbocycles. The molecule has 16 heteroatoms. The van der Waals surface area contributed by atoms with E-state index in [1.165, 1.54) is 31.1 Å². The molecule has 0 saturated heterocycles. The van der Waals surface area contributed by atoms with Gasteiger partial charge in [-0.2, -0.15) is 18.3 Å². The number of rotatable bonds is 9. The maximum atomic E-state index is 13.8. The SMILES string of the molecule is COC(=O)N(C)CC(=O)c1cc(I)cc(C)c1CC(=O)c1cc(Cn2cnc(C(F)(F)F)n2)nn1-c1ncccc1Cl. The third-order valence-electron chi connectivity index (χ3n) is 6.04. The molecule has 0 saturated carbocycles. The number of hydrogen-bond acceptors (Lipinski definition) is 8. The molecule has 0 bridgehead atoms. The highest BCUT2D eigenvalue weighted by Crippen LogP contribution is 2.27. The Labute approximate surface area is 255 Å². The first-order valence-corrected chi connectivity index (χ1v) is 13.5. The van der Waals surface area contributed by atoms with Crippen LogP contribution in [-0.2, 0) is 23.9 Å². The van der Waals surface area contributed by atoms with Crippen LogP contribution in [0.15, 0.2) is 42.9 Å². The maximum Gasteiger partial charge on any atom is 0.453 e. The molecule has 4 rings (SSSR count). The molecule has 0 aliphatic heterocycles. The number of methoxy groups -OCH3 is 1. The van der Waals surface area contributed by atoms with Crippen molar-refractivity contribution in [2.75, 3.05) is 20.7 Å². The molecule has 3 heterocycles. The van der Waals surface area contributed by atoms with Crippen LogP contribution in [0.1, 0.15) is 43.5 Å². The van der Waals surface area contributed by atoms with Crippen LogP contribution in [-0.4, -0.2) is 72.8 Å². The second-order valence-electron chi connectivity index (χ2n) is 9.10. The molecular formula is C26H22ClF3IN7O4. The zero-order chi connectivity index (χ0) is 30.8. The Balaban J connectivity index is 1.72. The molecule has 0 spiro atoms. The molecule has 0 N–H and O–H groups in total. The van der Waals surface area contributed by atoms with Crippen molar-refractivity contribution in [3.05, 3.63) is 85.4 Å². The number of benzene rings is 1. The van der Waals surface area contributed by atoms with Crippen LogP contribution in [0.5, 0.6) is 0 Å². The number of ketones is 2. The number of alkyl halides is 3. The number of halogens is 5. The predicted octanol–water partition coefficient (Wildman–Crippen LogP) is 4.80. The van der Waals surface area contributed by atoms with Gasteiger partial charge in [0.1, 0.15) is 12.0 Å². The molecule has 0 atom stereocenters. The summed E-state index contributed by atoms with van der Waals surface area (Å²) in [5, 5.41) is 8.00. The Morgan fingerprint density at radius 1 is 1.12 bits per heavy atom. The van der Waals surface area contributed by atoms with E-state index in [0.29, 0.717) is 11.1 Å². The fourth-order valence-corrected chi connectivity index (χ4v) is 5.08. The Hall–Kier alpha value is -3.86. The number of ether oxygens (including phenoxy) is 1. The summed E-state index contributed by atoms with van der Waals surface area (Å²) in [5.74, 6) is -2.06. The lowest BCUT2D eigenvalue weighted by Gasteiger charge is -2.17. The molecule has 11 nitrogen and oxygen atoms in total. The molecule has 1 aromatic carbocycles. The average Bonchev–Trinajstić information content (AvgIpc) is 3.57. The first-order chi connectivity index (χ1) is 19.8. The van der Waals surface area contributed by atoms with Crippen molar-refractivity contribution in [1.29, 1.82) is 0 Å². The summed E-state index contributed by atoms with van der Waals surface area (Å²) in [5.41, 5.74) is 1.59. The standard InChI is InChI=1S/C26H22ClF3IN7O4/c1-14-7-15(31)8-18(22(40)12-36(2)25(41)42-3)17(14)10-21(39)20-9-16(11-37-13-33-24(35-37)26(28,29)30)34-38(20)23-19(27)5-4-6-32-23/h4-9,13H,10-12H2,1-3H3. The summed E-state index contributed by atoms with van der Waals surface area (Å²) < 4.78 is 46.5. The van der Waals surface area contributed by atoms with Crippen molar-refractivity contribution in [2.45, 2.75) is 26.1 Å². The molecule has 0 unspecified atom stereocenters. The molecule has 0 aliphatic rings. The van der Waals surface area contributed by atoms with Gasteiger partial charge >= 0.3 is 12.3 Å². The third-order valence-corrected chi connectivity index (χ3v) is 6.96. The van der Waals surface area contributed by atoms with E-state index in [9.17, 15) is 27.6 Å². The number of pyridine rings is 1. The van der Waals surface area contributed by atoms with E-state index < -0.39 is 29.7 Å². The Morgan fingerprint density at radius 2 is 1.86 bits per heavy atom. The second-order valence-corrected chi connectivity index (χ2v) is 10.8. The summed E-state index contributed by atoms with van der Waals surface area (Å²) in [6.07, 6.45) is -3.29. The van der Waals surface area contributed by atoms with Crippen LogP contribution in [0.25, 0.3) is 5.82 Å². The Bertz CT molecular complexity index is 1670. The van der Waals surface area contributed by atoms with E-state index in [1.54, 1.807) is 25.1 Å². The van der Waals surface area contributed by atoms with Crippen LogP contribution in [0.2, 0.25) is 5.02 Å². The van der Waals surface area contributed by atoms with Crippen LogP contribution in [0, 0.1) is 10.5 Å². The van der Waals surface area contributed by atoms with E-state index in [4.69, 9.17) is 11.6 Å². The summed E-state index contributed by atoms with van der Waals surface area (Å²) >= 11 is 8.39. The Morgan fingerprint density at radius 3 is 2.50 bits per heavy atom. The highest BCUT2D eigenvalue weighted by Gasteiger charge is 2.36. The number of carbonyl (C=O) groups is 3. The summed E-state index contributed by atoms with van der Waals surface area (Å²) in [6, 6.07) is 7.97. The van der Waals surface area contributed by atoms with Crippen molar-refractivity contribution in [2.24, 2.45) is 0 Å². The van der Waals surface area contributed by atoms with Gasteiger partial charge in [-0.15, -0.1) is 5.10 Å². The summed E-state index contributed by atoms with van der Waals surface area (Å²) in [7, 11) is 2.62. The predicted molar refractivity (Wildman–Crippen MR) is 152 cm³/mol. The minimum Gasteiger partial charge on any atom is -0.453 e. The van der Waals surface area contributed by atoms with Crippen molar-refractivity contribution in [3.8, 4) is 5.82 Å². The molecular weight excluding hydrogens is 694 g/mol. The number of aromatic nitrogens is 6. The number of amides is 1. The zero-order valence-corrected chi connectivity index (χ0v) is 25.2. The summed E-state index contributed by atoms with van der Waals surface area (Å²) in [4.78, 5) is 47.5. The third kappa shape index (κ3) is 6.95. The normalized spacial score (nSPS) is 11.4. The monoisotopic (exact) mass is 715 g/mol. The van der Waals surface area contributed by atoms with Gasteiger partial charge in [0.15, 0.2) is 17.4 Å². The lowest BCUT2D eigenvalue weighted by molar-refractivity contribution is -0.145. The number of hydrogen-bond donors (Lipinski definition) is 0. The van der Waals surface area contributed by atoms with Crippen molar-refractivity contribution < 1.29 is 32.3 Å². The fraction of sp³-hybridized carbons (Fsp3) is 0.269. The van der Waals surface area contributed by atoms with Gasteiger partial charge in [-0.25, -0.2) is 24.1 Å². The minimum atomic E-state index is -4.72. The van der Waals surface area contributed by atoms with Crippen LogP contribution >= 0.6 is 34.2 Å². The van der Waals surface area contributed by atoms with Crippen LogP contribution in [0.3, 0.4) is 0 Å². The van der Waals surface area contributed by atoms with E-state index in [-0.39, 0.29) is 47.3 Å². The lowest BCUT2D eigenvalue weighted by Crippen LogP contribution is -2.32. The Kier molecular flexibility index (Phi) is 9.30. The van der Waals surface area contributed by atoms with Crippen LogP contribution in [0.4, 0.5) is 18.0 Å². The highest BCUT2D eigenvalue weighted by molar-refractivity contribution is 14.1. The smallest absolute Gasteiger partial charge is 0.453 e. The minimum absolute atomic E-state index is 0.0322. The van der Waals surface area contributed by atoms with Crippen molar-refractivity contribution >= 4 is 51.9 Å².